The van der Waals surface area contributed by atoms with Crippen LogP contribution in [0.4, 0.5) is 5.69 Å². The molecule has 0 aliphatic rings. The molecule has 0 spiro atoms. The Bertz CT molecular complexity index is 1270. The zero-order chi connectivity index (χ0) is 20.3. The van der Waals surface area contributed by atoms with Crippen molar-refractivity contribution in [2.24, 2.45) is 5.10 Å². The molecule has 140 valence electrons. The maximum Gasteiger partial charge on any atom is 0.349 e. The van der Waals surface area contributed by atoms with E-state index >= 15 is 0 Å². The van der Waals surface area contributed by atoms with Crippen LogP contribution < -0.4 is 16.0 Å². The molecular weight excluding hydrogens is 434 g/mol. The van der Waals surface area contributed by atoms with Crippen LogP contribution in [0.5, 0.6) is 5.75 Å². The van der Waals surface area contributed by atoms with Crippen LogP contribution in [0.2, 0.25) is 0 Å². The van der Waals surface area contributed by atoms with Crippen LogP contribution in [0.15, 0.2) is 55.6 Å². The maximum atomic E-state index is 12.4. The Labute approximate surface area is 164 Å². The third-order valence-corrected chi connectivity index (χ3v) is 4.22. The van der Waals surface area contributed by atoms with Crippen LogP contribution in [0.3, 0.4) is 0 Å². The molecule has 0 saturated heterocycles. The van der Waals surface area contributed by atoms with Crippen LogP contribution in [0.1, 0.15) is 5.56 Å². The molecule has 0 unspecified atom stereocenters. The number of aromatic nitrogens is 2. The summed E-state index contributed by atoms with van der Waals surface area (Å²) in [6.45, 7) is -0.366. The predicted molar refractivity (Wildman–Crippen MR) is 104 cm³/mol. The number of nitro groups is 1. The fourth-order valence-electron chi connectivity index (χ4n) is 2.44. The third kappa shape index (κ3) is 3.67. The SMILES string of the molecule is N#CCOc1c(Br)cc(C=Nn2c(=O)[nH]c3ccccc3c2=O)cc1[N+](=O)[O-]. The van der Waals surface area contributed by atoms with Gasteiger partial charge in [-0.1, -0.05) is 12.1 Å². The first kappa shape index (κ1) is 19.0. The van der Waals surface area contributed by atoms with E-state index in [-0.39, 0.29) is 27.8 Å². The average Bonchev–Trinajstić information content (AvgIpc) is 2.66. The Kier molecular flexibility index (Phi) is 5.32. The summed E-state index contributed by atoms with van der Waals surface area (Å²) in [7, 11) is 0. The van der Waals surface area contributed by atoms with Crippen LogP contribution in [-0.2, 0) is 0 Å². The van der Waals surface area contributed by atoms with Gasteiger partial charge in [0.15, 0.2) is 6.61 Å². The van der Waals surface area contributed by atoms with Gasteiger partial charge >= 0.3 is 11.4 Å². The van der Waals surface area contributed by atoms with Crippen molar-refractivity contribution in [3.63, 3.8) is 0 Å². The Hall–Kier alpha value is -3.78. The summed E-state index contributed by atoms with van der Waals surface area (Å²) >= 11 is 3.15. The normalized spacial score (nSPS) is 10.9. The Morgan fingerprint density at radius 2 is 2.11 bits per heavy atom. The highest BCUT2D eigenvalue weighted by Crippen LogP contribution is 2.36. The Balaban J connectivity index is 2.07. The number of hydrogen-bond acceptors (Lipinski definition) is 7. The fourth-order valence-corrected chi connectivity index (χ4v) is 3.02. The molecule has 3 aromatic rings. The lowest BCUT2D eigenvalue weighted by atomic mass is 10.2. The first-order chi connectivity index (χ1) is 13.4. The monoisotopic (exact) mass is 443 g/mol. The van der Waals surface area contributed by atoms with E-state index in [2.05, 4.69) is 26.0 Å². The van der Waals surface area contributed by atoms with Crippen molar-refractivity contribution in [3.8, 4) is 11.8 Å². The minimum atomic E-state index is -0.748. The zero-order valence-corrected chi connectivity index (χ0v) is 15.5. The second kappa shape index (κ2) is 7.85. The Morgan fingerprint density at radius 1 is 1.36 bits per heavy atom. The third-order valence-electron chi connectivity index (χ3n) is 3.63. The summed E-state index contributed by atoms with van der Waals surface area (Å²) in [4.78, 5) is 37.7. The van der Waals surface area contributed by atoms with Crippen molar-refractivity contribution in [2.75, 3.05) is 6.61 Å². The highest BCUT2D eigenvalue weighted by Gasteiger charge is 2.20. The highest BCUT2D eigenvalue weighted by molar-refractivity contribution is 9.10. The van der Waals surface area contributed by atoms with Gasteiger partial charge in [0, 0.05) is 11.6 Å². The number of aromatic amines is 1. The molecule has 0 amide bonds. The van der Waals surface area contributed by atoms with Gasteiger partial charge in [0.2, 0.25) is 5.75 Å². The molecule has 0 atom stereocenters. The summed E-state index contributed by atoms with van der Waals surface area (Å²) in [5, 5.41) is 24.0. The molecule has 0 aliphatic heterocycles. The molecule has 28 heavy (non-hydrogen) atoms. The van der Waals surface area contributed by atoms with E-state index in [1.807, 2.05) is 0 Å². The quantitative estimate of drug-likeness (QED) is 0.363. The number of nitrogens with one attached hydrogen (secondary N) is 1. The number of nitro benzene ring substituents is 1. The highest BCUT2D eigenvalue weighted by atomic mass is 79.9. The van der Waals surface area contributed by atoms with E-state index < -0.39 is 21.9 Å². The second-order valence-electron chi connectivity index (χ2n) is 5.39. The molecule has 0 saturated carbocycles. The van der Waals surface area contributed by atoms with Gasteiger partial charge in [-0.3, -0.25) is 14.9 Å². The molecule has 1 aromatic heterocycles. The number of hydrogen-bond donors (Lipinski definition) is 1. The summed E-state index contributed by atoms with van der Waals surface area (Å²) in [6.07, 6.45) is 1.14. The Morgan fingerprint density at radius 3 is 2.82 bits per heavy atom. The molecule has 3 rings (SSSR count). The van der Waals surface area contributed by atoms with Gasteiger partial charge in [0.1, 0.15) is 6.07 Å². The molecule has 1 heterocycles. The molecule has 2 aromatic carbocycles. The number of rotatable bonds is 5. The van der Waals surface area contributed by atoms with Gasteiger partial charge in [-0.15, -0.1) is 4.68 Å². The predicted octanol–water partition coefficient (Wildman–Crippen LogP) is 2.15. The topological polar surface area (TPSA) is 143 Å². The minimum absolute atomic E-state index is 0.107. The summed E-state index contributed by atoms with van der Waals surface area (Å²) in [5.41, 5.74) is -1.16. The van der Waals surface area contributed by atoms with Crippen molar-refractivity contribution in [1.82, 2.24) is 9.66 Å². The number of halogens is 1. The van der Waals surface area contributed by atoms with E-state index in [4.69, 9.17) is 10.00 Å². The summed E-state index contributed by atoms with van der Waals surface area (Å²) in [6, 6.07) is 10.8. The van der Waals surface area contributed by atoms with E-state index in [9.17, 15) is 19.7 Å². The van der Waals surface area contributed by atoms with Gasteiger partial charge in [0.25, 0.3) is 5.56 Å². The van der Waals surface area contributed by atoms with Gasteiger partial charge in [-0.25, -0.2) is 4.79 Å². The summed E-state index contributed by atoms with van der Waals surface area (Å²) < 4.78 is 5.93. The van der Waals surface area contributed by atoms with Crippen molar-refractivity contribution in [1.29, 1.82) is 5.26 Å². The van der Waals surface area contributed by atoms with Crippen LogP contribution in [0, 0.1) is 21.4 Å². The van der Waals surface area contributed by atoms with Gasteiger partial charge in [-0.2, -0.15) is 10.4 Å². The van der Waals surface area contributed by atoms with E-state index in [0.717, 1.165) is 12.3 Å². The lowest BCUT2D eigenvalue weighted by Crippen LogP contribution is -2.32. The molecule has 0 radical (unpaired) electrons. The number of benzene rings is 2. The molecule has 0 bridgehead atoms. The number of nitriles is 1. The lowest BCUT2D eigenvalue weighted by molar-refractivity contribution is -0.385. The standard InChI is InChI=1S/C17H10BrN5O5/c18-12-7-10(8-14(23(26)27)15(12)28-6-5-19)9-20-22-16(24)11-3-1-2-4-13(11)21-17(22)25/h1-4,7-9H,6H2,(H,21,25). The average molecular weight is 444 g/mol. The maximum absolute atomic E-state index is 12.4. The molecular formula is C17H10BrN5O5. The minimum Gasteiger partial charge on any atom is -0.471 e. The van der Waals surface area contributed by atoms with Crippen molar-refractivity contribution < 1.29 is 9.66 Å². The van der Waals surface area contributed by atoms with Crippen LogP contribution in [0.25, 0.3) is 10.9 Å². The number of ether oxygens (including phenoxy) is 1. The van der Waals surface area contributed by atoms with Gasteiger partial charge in [-0.05, 0) is 34.1 Å². The lowest BCUT2D eigenvalue weighted by Gasteiger charge is -2.06. The van der Waals surface area contributed by atoms with Gasteiger partial charge < -0.3 is 9.72 Å². The van der Waals surface area contributed by atoms with Crippen LogP contribution in [-0.4, -0.2) is 27.4 Å². The second-order valence-corrected chi connectivity index (χ2v) is 6.25. The zero-order valence-electron chi connectivity index (χ0n) is 14.0. The molecule has 11 heteroatoms. The number of H-pyrrole nitrogens is 1. The molecule has 1 N–H and O–H groups in total. The van der Waals surface area contributed by atoms with Crippen molar-refractivity contribution >= 4 is 38.7 Å². The number of fused-ring (bicyclic) bond motifs is 1. The van der Waals surface area contributed by atoms with Crippen molar-refractivity contribution in [3.05, 3.63) is 77.4 Å². The first-order valence-electron chi connectivity index (χ1n) is 7.68. The number of nitrogens with zero attached hydrogens (tertiary/aromatic N) is 4. The van der Waals surface area contributed by atoms with Crippen LogP contribution >= 0.6 is 15.9 Å². The van der Waals surface area contributed by atoms with Gasteiger partial charge in [0.05, 0.1) is 26.5 Å². The van der Waals surface area contributed by atoms with E-state index in [1.165, 1.54) is 6.07 Å². The number of para-hydroxylation sites is 1. The summed E-state index contributed by atoms with van der Waals surface area (Å²) in [5.74, 6) is -0.107. The van der Waals surface area contributed by atoms with Crippen molar-refractivity contribution in [2.45, 2.75) is 0 Å². The molecule has 0 aliphatic carbocycles. The molecule has 0 fully saturated rings. The first-order valence-corrected chi connectivity index (χ1v) is 8.48. The fraction of sp³-hybridized carbons (Fsp3) is 0.0588. The largest absolute Gasteiger partial charge is 0.471 e. The van der Waals surface area contributed by atoms with E-state index in [0.29, 0.717) is 10.2 Å². The smallest absolute Gasteiger partial charge is 0.349 e. The molecule has 10 nitrogen and oxygen atoms in total. The van der Waals surface area contributed by atoms with E-state index in [1.54, 1.807) is 30.3 Å².